The van der Waals surface area contributed by atoms with E-state index in [1.54, 1.807) is 13.1 Å². The minimum Gasteiger partial charge on any atom is -0.454 e. The quantitative estimate of drug-likeness (QED) is 0.0682. The van der Waals surface area contributed by atoms with E-state index in [0.29, 0.717) is 12.5 Å². The van der Waals surface area contributed by atoms with Crippen LogP contribution in [-0.2, 0) is 80.3 Å². The molecule has 2 unspecified atom stereocenters. The van der Waals surface area contributed by atoms with Crippen LogP contribution >= 0.6 is 0 Å². The van der Waals surface area contributed by atoms with Gasteiger partial charge in [-0.25, -0.2) is 0 Å². The second-order valence-corrected chi connectivity index (χ2v) is 112. The highest BCUT2D eigenvalue weighted by Crippen LogP contribution is 2.38. The van der Waals surface area contributed by atoms with Crippen LogP contribution in [0.2, 0.25) is 37.8 Å². The van der Waals surface area contributed by atoms with Gasteiger partial charge in [-0.3, -0.25) is 4.79 Å². The SMILES string of the molecule is CCCCCCCCNC(=O)CCCCCCCCCC[Si](C)(C)O[Si][Si](=O)[Si](=O)[Si](=O)[Si](=O)[Si](=O)[Si](=O)[Si](=O)[Si](=O)[Si](=O)[Si](=O)[Si](=O)[Si](=O)[Si](=O)[Si](=O)[Si](=O)[Si](=O)[Si](C)(C)C1CCCCCCCCCC1C. The molecule has 402 valence electrons. The topological polar surface area (TPSA) is 311 Å². The monoisotopic (exact) mass is 1330 g/mol. The molecular formula is C35H73NO18Si19. The first kappa shape index (κ1) is 71.4. The third kappa shape index (κ3) is 26.0. The van der Waals surface area contributed by atoms with E-state index >= 15 is 0 Å². The molecule has 38 heteroatoms. The Hall–Kier alpha value is 0.351. The van der Waals surface area contributed by atoms with E-state index in [-0.39, 0.29) is 17.4 Å². The average Bonchev–Trinajstić information content (AvgIpc) is 3.42. The van der Waals surface area contributed by atoms with Crippen molar-refractivity contribution in [3.63, 3.8) is 0 Å². The first-order valence-corrected chi connectivity index (χ1v) is 72.3. The van der Waals surface area contributed by atoms with E-state index in [9.17, 15) is 76.2 Å². The fourth-order valence-electron chi connectivity index (χ4n) is 8.58. The van der Waals surface area contributed by atoms with Crippen LogP contribution in [0.25, 0.3) is 0 Å². The molecular weight excluding hydrogens is 1260 g/mol. The van der Waals surface area contributed by atoms with E-state index in [2.05, 4.69) is 12.2 Å². The highest BCUT2D eigenvalue weighted by atomic mass is 30.1. The summed E-state index contributed by atoms with van der Waals surface area (Å²) in [5.74, 6) is 0.244. The lowest BCUT2D eigenvalue weighted by molar-refractivity contribution is -0.121. The summed E-state index contributed by atoms with van der Waals surface area (Å²) in [4.78, 5) is 12.0. The molecule has 0 spiro atoms. The van der Waals surface area contributed by atoms with Crippen LogP contribution in [0.4, 0.5) is 0 Å². The second kappa shape index (κ2) is 38.1. The molecule has 1 fully saturated rings. The summed E-state index contributed by atoms with van der Waals surface area (Å²) < 4.78 is 216. The lowest BCUT2D eigenvalue weighted by Gasteiger charge is -2.34. The molecule has 0 bridgehead atoms. The van der Waals surface area contributed by atoms with Gasteiger partial charge in [-0.1, -0.05) is 162 Å². The molecule has 0 aromatic carbocycles. The number of amides is 1. The molecule has 1 aliphatic carbocycles. The Kier molecular flexibility index (Phi) is 37.2. The van der Waals surface area contributed by atoms with Crippen LogP contribution in [0.5, 0.6) is 0 Å². The molecule has 1 rings (SSSR count). The Morgan fingerprint density at radius 3 is 1.27 bits per heavy atom. The van der Waals surface area contributed by atoms with Gasteiger partial charge < -0.3 is 80.8 Å². The van der Waals surface area contributed by atoms with Crippen LogP contribution < -0.4 is 5.32 Å². The molecule has 0 heterocycles. The number of hydrogen-bond acceptors (Lipinski definition) is 18. The van der Waals surface area contributed by atoms with Gasteiger partial charge in [0.25, 0.3) is 9.28 Å². The Bertz CT molecular complexity index is 2190. The molecule has 1 N–H and O–H groups in total. The second-order valence-electron chi connectivity index (χ2n) is 20.0. The van der Waals surface area contributed by atoms with Gasteiger partial charge in [0.1, 0.15) is 7.59 Å². The third-order valence-electron chi connectivity index (χ3n) is 13.2. The molecule has 2 radical (unpaired) electrons. The van der Waals surface area contributed by atoms with Gasteiger partial charge in [0.15, 0.2) is 8.32 Å². The highest BCUT2D eigenvalue weighted by Gasteiger charge is 2.57. The lowest BCUT2D eigenvalue weighted by atomic mass is 9.97. The van der Waals surface area contributed by atoms with Gasteiger partial charge in [0.2, 0.25) is 5.91 Å². The van der Waals surface area contributed by atoms with Crippen molar-refractivity contribution in [3.05, 3.63) is 0 Å². The highest BCUT2D eigenvalue weighted by molar-refractivity contribution is 7.82. The van der Waals surface area contributed by atoms with Crippen molar-refractivity contribution in [1.29, 1.82) is 0 Å². The summed E-state index contributed by atoms with van der Waals surface area (Å²) in [6, 6.07) is 0.684. The van der Waals surface area contributed by atoms with E-state index in [0.717, 1.165) is 129 Å². The zero-order valence-corrected chi connectivity index (χ0v) is 62.4. The average molecular weight is 1330 g/mol. The summed E-state index contributed by atoms with van der Waals surface area (Å²) >= 11 is 0. The minimum absolute atomic E-state index is 0.0474. The molecule has 2 atom stereocenters. The van der Waals surface area contributed by atoms with Gasteiger partial charge in [0.05, 0.1) is 0 Å². The summed E-state index contributed by atoms with van der Waals surface area (Å²) in [7, 11) is -70.1. The fraction of sp³-hybridized carbons (Fsp3) is 0.971. The largest absolute Gasteiger partial charge is 0.454 e. The third-order valence-corrected chi connectivity index (χ3v) is 154. The Balaban J connectivity index is 2.63. The van der Waals surface area contributed by atoms with Crippen molar-refractivity contribution >= 4 is 155 Å². The predicted molar refractivity (Wildman–Crippen MR) is 292 cm³/mol. The molecule has 0 aliphatic heterocycles. The van der Waals surface area contributed by atoms with E-state index in [1.807, 2.05) is 20.0 Å². The van der Waals surface area contributed by atoms with Gasteiger partial charge in [0, 0.05) is 13.0 Å². The van der Waals surface area contributed by atoms with Gasteiger partial charge in [-0.15, -0.1) is 0 Å². The van der Waals surface area contributed by atoms with Crippen molar-refractivity contribution in [2.75, 3.05) is 6.54 Å². The predicted octanol–water partition coefficient (Wildman–Crippen LogP) is 3.56. The first-order chi connectivity index (χ1) is 34.3. The maximum Gasteiger partial charge on any atom is 0.381 e. The molecule has 73 heavy (non-hydrogen) atoms. The Morgan fingerprint density at radius 1 is 0.466 bits per heavy atom. The van der Waals surface area contributed by atoms with Gasteiger partial charge in [-0.2, -0.15) is 0 Å². The molecule has 0 aromatic rings. The molecule has 1 saturated carbocycles. The fourth-order valence-corrected chi connectivity index (χ4v) is 213. The number of rotatable bonds is 38. The van der Waals surface area contributed by atoms with Crippen LogP contribution in [-0.4, -0.2) is 161 Å². The van der Waals surface area contributed by atoms with Gasteiger partial charge in [-0.05, 0) is 43.4 Å². The van der Waals surface area contributed by atoms with E-state index in [4.69, 9.17) is 4.12 Å². The summed E-state index contributed by atoms with van der Waals surface area (Å²) in [6.45, 7) is 12.3. The smallest absolute Gasteiger partial charge is 0.381 e. The van der Waals surface area contributed by atoms with E-state index < -0.39 is 149 Å². The molecule has 19 nitrogen and oxygen atoms in total. The molecule has 0 saturated heterocycles. The normalized spacial score (nSPS) is 15.4. The number of hydrogen-bond donors (Lipinski definition) is 1. The number of carbonyl (C=O) groups excluding carboxylic acids is 1. The maximum atomic E-state index is 13.9. The number of carbonyl (C=O) groups is 1. The molecule has 0 aromatic heterocycles. The lowest BCUT2D eigenvalue weighted by Crippen LogP contribution is -2.58. The van der Waals surface area contributed by atoms with Gasteiger partial charge >= 0.3 is 123 Å². The first-order valence-electron chi connectivity index (χ1n) is 25.7. The zero-order chi connectivity index (χ0) is 55.5. The standard InChI is InChI=1S/C35H73NO18Si19/c1-7-8-9-10-21-26-31-36-35(37)30-25-20-16-11-12-17-22-27-32-72(3,4)54-55-56(38)57(39)58(40)59(41)60(42)61(43)62(44)63(45)64(46)65(47)66(48)67(49)68(50)69(51)70(52)71(53)73(5,6)34-29-24-19-15-13-14-18-23-28-33(34)2/h33-34H,7-32H2,1-6H3,(H,36,37). The van der Waals surface area contributed by atoms with E-state index in [1.165, 1.54) is 25.7 Å². The molecule has 1 amide bonds. The zero-order valence-electron chi connectivity index (χ0n) is 43.4. The maximum absolute atomic E-state index is 13.9. The summed E-state index contributed by atoms with van der Waals surface area (Å²) in [5.41, 5.74) is -0.0474. The van der Waals surface area contributed by atoms with Crippen LogP contribution in [0.15, 0.2) is 0 Å². The van der Waals surface area contributed by atoms with Crippen molar-refractivity contribution in [1.82, 2.24) is 5.32 Å². The van der Waals surface area contributed by atoms with Crippen molar-refractivity contribution in [2.45, 2.75) is 206 Å². The minimum atomic E-state index is -4.32. The molecule has 1 aliphatic rings. The van der Waals surface area contributed by atoms with Crippen LogP contribution in [0.1, 0.15) is 168 Å². The number of unbranched alkanes of at least 4 members (excludes halogenated alkanes) is 12. The van der Waals surface area contributed by atoms with Crippen LogP contribution in [0.3, 0.4) is 0 Å². The summed E-state index contributed by atoms with van der Waals surface area (Å²) in [6.07, 6.45) is 24.1. The Labute approximate surface area is 454 Å². The number of nitrogens with one attached hydrogen (secondary N) is 1. The Morgan fingerprint density at radius 2 is 0.822 bits per heavy atom. The van der Waals surface area contributed by atoms with Crippen molar-refractivity contribution < 1.29 is 80.3 Å². The van der Waals surface area contributed by atoms with Crippen molar-refractivity contribution in [2.24, 2.45) is 5.92 Å². The summed E-state index contributed by atoms with van der Waals surface area (Å²) in [5, 5.41) is 3.00. The van der Waals surface area contributed by atoms with Crippen molar-refractivity contribution in [3.8, 4) is 0 Å². The van der Waals surface area contributed by atoms with Crippen LogP contribution in [0, 0.1) is 5.92 Å².